The minimum Gasteiger partial charge on any atom is -0.462 e. The van der Waals surface area contributed by atoms with Crippen molar-refractivity contribution in [2.24, 2.45) is 0 Å². The summed E-state index contributed by atoms with van der Waals surface area (Å²) in [4.78, 5) is 36.6. The standard InChI is InChI=1S/C51H93O18P/c1-3-5-7-9-11-13-15-17-19-21-23-25-27-29-31-33-40(53)64-36-38(66-41(54)34-32-30-28-26-24-22-20-18-16-14-12-10-8-6-4-2)37-65-70(62,63)69-50-47(60)45(58)44(57)46(59)49(50)68-51-48(61)43(56)42(55)39(35-52)67-51/h13-16,38-39,42-52,55-61H,3-12,17-37H2,1-2H3,(H,62,63)/b15-13-,16-14-. The van der Waals surface area contributed by atoms with E-state index in [4.69, 9.17) is 28.0 Å². The number of aliphatic hydroxyl groups is 8. The van der Waals surface area contributed by atoms with Crippen molar-refractivity contribution in [2.45, 2.75) is 267 Å². The monoisotopic (exact) mass is 1020 g/mol. The van der Waals surface area contributed by atoms with Crippen LogP contribution in [0.15, 0.2) is 24.3 Å². The maximum atomic E-state index is 13.4. The largest absolute Gasteiger partial charge is 0.472 e. The molecule has 2 rings (SSSR count). The van der Waals surface area contributed by atoms with Crippen molar-refractivity contribution >= 4 is 19.8 Å². The Kier molecular flexibility index (Phi) is 35.5. The first-order valence-electron chi connectivity index (χ1n) is 26.7. The number of hydrogen-bond donors (Lipinski definition) is 9. The second-order valence-electron chi connectivity index (χ2n) is 19.1. The number of esters is 2. The highest BCUT2D eigenvalue weighted by Crippen LogP contribution is 2.48. The van der Waals surface area contributed by atoms with E-state index in [0.717, 1.165) is 103 Å². The summed E-state index contributed by atoms with van der Waals surface area (Å²) >= 11 is 0. The molecule has 0 aromatic heterocycles. The van der Waals surface area contributed by atoms with Gasteiger partial charge >= 0.3 is 19.8 Å². The predicted molar refractivity (Wildman–Crippen MR) is 263 cm³/mol. The first-order chi connectivity index (χ1) is 33.7. The lowest BCUT2D eigenvalue weighted by Crippen LogP contribution is -2.67. The number of hydrogen-bond acceptors (Lipinski definition) is 17. The zero-order valence-electron chi connectivity index (χ0n) is 42.3. The Hall–Kier alpha value is -1.87. The van der Waals surface area contributed by atoms with E-state index < -0.39 is 113 Å². The van der Waals surface area contributed by atoms with Crippen LogP contribution in [-0.2, 0) is 42.1 Å². The van der Waals surface area contributed by atoms with Gasteiger partial charge in [0.25, 0.3) is 0 Å². The molecule has 1 aliphatic heterocycles. The first-order valence-corrected chi connectivity index (χ1v) is 28.2. The van der Waals surface area contributed by atoms with Gasteiger partial charge in [0, 0.05) is 12.8 Å². The molecule has 410 valence electrons. The Balaban J connectivity index is 1.93. The smallest absolute Gasteiger partial charge is 0.462 e. The minimum absolute atomic E-state index is 0.0277. The number of phosphoric ester groups is 1. The van der Waals surface area contributed by atoms with Gasteiger partial charge in [0.1, 0.15) is 67.6 Å². The average molecular weight is 1030 g/mol. The molecule has 2 fully saturated rings. The van der Waals surface area contributed by atoms with E-state index in [1.165, 1.54) is 51.4 Å². The van der Waals surface area contributed by atoms with E-state index in [1.54, 1.807) is 0 Å². The lowest BCUT2D eigenvalue weighted by molar-refractivity contribution is -0.338. The quantitative estimate of drug-likeness (QED) is 0.0134. The second kappa shape index (κ2) is 38.7. The fourth-order valence-electron chi connectivity index (χ4n) is 8.46. The Morgan fingerprint density at radius 2 is 0.943 bits per heavy atom. The average Bonchev–Trinajstić information content (AvgIpc) is 3.34. The van der Waals surface area contributed by atoms with Crippen molar-refractivity contribution in [3.8, 4) is 0 Å². The second-order valence-corrected chi connectivity index (χ2v) is 20.5. The maximum absolute atomic E-state index is 13.4. The fourth-order valence-corrected chi connectivity index (χ4v) is 9.42. The third-order valence-corrected chi connectivity index (χ3v) is 13.9. The number of rotatable bonds is 41. The molecule has 0 bridgehead atoms. The molecule has 1 saturated carbocycles. The maximum Gasteiger partial charge on any atom is 0.472 e. The Labute approximate surface area is 417 Å². The molecular weight excluding hydrogens is 932 g/mol. The highest BCUT2D eigenvalue weighted by molar-refractivity contribution is 7.47. The molecule has 1 saturated heterocycles. The van der Waals surface area contributed by atoms with E-state index >= 15 is 0 Å². The van der Waals surface area contributed by atoms with Crippen molar-refractivity contribution < 1.29 is 87.9 Å². The lowest BCUT2D eigenvalue weighted by atomic mass is 9.84. The normalized spacial score (nSPS) is 27.5. The molecule has 13 unspecified atom stereocenters. The summed E-state index contributed by atoms with van der Waals surface area (Å²) in [6, 6.07) is 0. The molecule has 1 heterocycles. The van der Waals surface area contributed by atoms with Crippen LogP contribution in [0, 0.1) is 0 Å². The molecule has 0 radical (unpaired) electrons. The summed E-state index contributed by atoms with van der Waals surface area (Å²) in [7, 11) is -5.38. The first kappa shape index (κ1) is 64.2. The highest BCUT2D eigenvalue weighted by Gasteiger charge is 2.55. The highest BCUT2D eigenvalue weighted by atomic mass is 31.2. The van der Waals surface area contributed by atoms with Crippen molar-refractivity contribution in [3.63, 3.8) is 0 Å². The van der Waals surface area contributed by atoms with E-state index in [0.29, 0.717) is 12.8 Å². The zero-order valence-corrected chi connectivity index (χ0v) is 43.2. The van der Waals surface area contributed by atoms with Crippen LogP contribution in [0.25, 0.3) is 0 Å². The van der Waals surface area contributed by atoms with E-state index in [2.05, 4.69) is 38.2 Å². The van der Waals surface area contributed by atoms with Crippen LogP contribution >= 0.6 is 7.82 Å². The van der Waals surface area contributed by atoms with Gasteiger partial charge in [-0.15, -0.1) is 0 Å². The Morgan fingerprint density at radius 3 is 1.41 bits per heavy atom. The van der Waals surface area contributed by atoms with Gasteiger partial charge in [0.15, 0.2) is 12.4 Å². The molecule has 13 atom stereocenters. The molecule has 18 nitrogen and oxygen atoms in total. The number of ether oxygens (including phenoxy) is 4. The van der Waals surface area contributed by atoms with Gasteiger partial charge in [-0.05, 0) is 64.2 Å². The van der Waals surface area contributed by atoms with Crippen LogP contribution in [0.1, 0.15) is 194 Å². The molecule has 70 heavy (non-hydrogen) atoms. The van der Waals surface area contributed by atoms with Gasteiger partial charge in [-0.1, -0.05) is 141 Å². The van der Waals surface area contributed by atoms with E-state index in [-0.39, 0.29) is 12.8 Å². The van der Waals surface area contributed by atoms with E-state index in [1.807, 2.05) is 0 Å². The van der Waals surface area contributed by atoms with Gasteiger partial charge in [0.2, 0.25) is 0 Å². The summed E-state index contributed by atoms with van der Waals surface area (Å²) in [5.74, 6) is -1.22. The van der Waals surface area contributed by atoms with Gasteiger partial charge in [-0.2, -0.15) is 0 Å². The molecule has 19 heteroatoms. The molecule has 9 N–H and O–H groups in total. The van der Waals surface area contributed by atoms with Gasteiger partial charge in [-0.25, -0.2) is 4.57 Å². The number of allylic oxidation sites excluding steroid dienone is 4. The summed E-state index contributed by atoms with van der Waals surface area (Å²) in [6.07, 6.45) is 13.9. The van der Waals surface area contributed by atoms with Crippen LogP contribution in [0.5, 0.6) is 0 Å². The van der Waals surface area contributed by atoms with Crippen LogP contribution in [0.4, 0.5) is 0 Å². The third-order valence-electron chi connectivity index (χ3n) is 12.9. The third kappa shape index (κ3) is 26.9. The van der Waals surface area contributed by atoms with Crippen molar-refractivity contribution in [2.75, 3.05) is 19.8 Å². The summed E-state index contributed by atoms with van der Waals surface area (Å²) < 4.78 is 45.5. The van der Waals surface area contributed by atoms with Crippen LogP contribution in [0.2, 0.25) is 0 Å². The summed E-state index contributed by atoms with van der Waals surface area (Å²) in [5.41, 5.74) is 0. The van der Waals surface area contributed by atoms with Crippen LogP contribution in [0.3, 0.4) is 0 Å². The molecule has 1 aliphatic carbocycles. The number of phosphoric acid groups is 1. The van der Waals surface area contributed by atoms with Crippen LogP contribution in [-0.4, -0.2) is 151 Å². The summed E-state index contributed by atoms with van der Waals surface area (Å²) in [5, 5.41) is 83.0. The molecule has 0 aromatic rings. The number of carbonyl (C=O) groups is 2. The number of aliphatic hydroxyl groups excluding tert-OH is 8. The zero-order chi connectivity index (χ0) is 51.6. The van der Waals surface area contributed by atoms with Gasteiger partial charge < -0.3 is 64.7 Å². The lowest BCUT2D eigenvalue weighted by Gasteiger charge is -2.47. The SMILES string of the molecule is CCCCCC/C=C\CCCCCCCCCC(=O)OCC(COP(=O)(O)OC1C(O)C(O)C(O)C(O)C1OC1OC(CO)C(O)C(O)C1O)OC(=O)CCCCCCCCC/C=C\CCCCCC. The van der Waals surface area contributed by atoms with E-state index in [9.17, 15) is 59.9 Å². The number of carbonyl (C=O) groups excluding carboxylic acids is 2. The van der Waals surface area contributed by atoms with Crippen molar-refractivity contribution in [1.29, 1.82) is 0 Å². The fraction of sp³-hybridized carbons (Fsp3) is 0.882. The topological polar surface area (TPSA) is 289 Å². The Bertz CT molecular complexity index is 1450. The van der Waals surface area contributed by atoms with Gasteiger partial charge in [0.05, 0.1) is 13.2 Å². The van der Waals surface area contributed by atoms with Crippen LogP contribution < -0.4 is 0 Å². The van der Waals surface area contributed by atoms with Crippen molar-refractivity contribution in [3.05, 3.63) is 24.3 Å². The van der Waals surface area contributed by atoms with Crippen molar-refractivity contribution in [1.82, 2.24) is 0 Å². The summed E-state index contributed by atoms with van der Waals surface area (Å²) in [6.45, 7) is 2.21. The molecule has 2 aliphatic rings. The molecular formula is C51H93O18P. The predicted octanol–water partition coefficient (Wildman–Crippen LogP) is 6.66. The minimum atomic E-state index is -5.38. The Morgan fingerprint density at radius 1 is 0.529 bits per heavy atom. The van der Waals surface area contributed by atoms with Gasteiger partial charge in [-0.3, -0.25) is 18.6 Å². The number of unbranched alkanes of at least 4 members (excludes halogenated alkanes) is 22. The molecule has 0 aromatic carbocycles. The molecule has 0 amide bonds. The molecule has 0 spiro atoms.